The van der Waals surface area contributed by atoms with Crippen LogP contribution < -0.4 is 0 Å². The van der Waals surface area contributed by atoms with E-state index in [2.05, 4.69) is 22.2 Å². The maximum absolute atomic E-state index is 5.36. The molecule has 0 amide bonds. The van der Waals surface area contributed by atoms with Gasteiger partial charge in [-0.3, -0.25) is 0 Å². The van der Waals surface area contributed by atoms with Crippen molar-refractivity contribution in [2.24, 2.45) is 0 Å². The van der Waals surface area contributed by atoms with E-state index in [9.17, 15) is 0 Å². The van der Waals surface area contributed by atoms with Crippen LogP contribution in [0.5, 0.6) is 0 Å². The van der Waals surface area contributed by atoms with Gasteiger partial charge in [0.2, 0.25) is 0 Å². The maximum atomic E-state index is 5.36. The van der Waals surface area contributed by atoms with Crippen LogP contribution >= 0.6 is 19.0 Å². The highest BCUT2D eigenvalue weighted by molar-refractivity contribution is 7.76. The quantitative estimate of drug-likeness (QED) is 0.456. The normalized spacial score (nSPS) is 8.25. The molecule has 0 aromatic rings. The highest BCUT2D eigenvalue weighted by Gasteiger charge is 2.00. The molecule has 46 valence electrons. The van der Waals surface area contributed by atoms with Crippen molar-refractivity contribution in [2.75, 3.05) is 0 Å². The van der Waals surface area contributed by atoms with Crippen LogP contribution in [0.15, 0.2) is 25.7 Å². The predicted octanol–water partition coefficient (Wildman–Crippen LogP) is 2.77. The zero-order valence-electron chi connectivity index (χ0n) is 4.21. The van der Waals surface area contributed by atoms with Crippen LogP contribution in [-0.2, 0) is 9.05 Å². The van der Waals surface area contributed by atoms with Crippen molar-refractivity contribution >= 4 is 19.0 Å². The van der Waals surface area contributed by atoms with E-state index in [0.717, 1.165) is 0 Å². The molecule has 0 bridgehead atoms. The monoisotopic (exact) mass is 152 g/mol. The van der Waals surface area contributed by atoms with Crippen LogP contribution in [0, 0.1) is 0 Å². The lowest BCUT2D eigenvalue weighted by atomic mass is 11.2. The van der Waals surface area contributed by atoms with Crippen LogP contribution in [0.25, 0.3) is 0 Å². The van der Waals surface area contributed by atoms with E-state index in [1.54, 1.807) is 0 Å². The van der Waals surface area contributed by atoms with Crippen molar-refractivity contribution in [3.63, 3.8) is 0 Å². The summed E-state index contributed by atoms with van der Waals surface area (Å²) >= 11 is 5.36. The van der Waals surface area contributed by atoms with E-state index < -0.39 is 7.73 Å². The molecule has 0 spiro atoms. The van der Waals surface area contributed by atoms with Crippen LogP contribution in [0.1, 0.15) is 0 Å². The average Bonchev–Trinajstić information content (AvgIpc) is 1.68. The van der Waals surface area contributed by atoms with Gasteiger partial charge in [-0.2, -0.15) is 0 Å². The van der Waals surface area contributed by atoms with Crippen molar-refractivity contribution in [2.45, 2.75) is 0 Å². The predicted molar refractivity (Wildman–Crippen MR) is 35.3 cm³/mol. The summed E-state index contributed by atoms with van der Waals surface area (Å²) in [6, 6.07) is 0. The van der Waals surface area contributed by atoms with Gasteiger partial charge in [-0.25, -0.2) is 0 Å². The third kappa shape index (κ3) is 3.97. The highest BCUT2D eigenvalue weighted by atomic mass is 35.7. The number of hydrogen-bond donors (Lipinski definition) is 0. The number of rotatable bonds is 4. The molecule has 0 aliphatic heterocycles. The summed E-state index contributed by atoms with van der Waals surface area (Å²) in [5.41, 5.74) is 0. The Kier molecular flexibility index (Phi) is 4.82. The highest BCUT2D eigenvalue weighted by Crippen LogP contribution is 2.43. The first-order valence-electron chi connectivity index (χ1n) is 1.82. The van der Waals surface area contributed by atoms with Gasteiger partial charge in [-0.1, -0.05) is 13.2 Å². The largest absolute Gasteiger partial charge is 0.436 e. The smallest absolute Gasteiger partial charge is 0.399 e. The van der Waals surface area contributed by atoms with E-state index in [0.29, 0.717) is 0 Å². The minimum Gasteiger partial charge on any atom is -0.436 e. The molecular formula is C4H6ClO2P. The van der Waals surface area contributed by atoms with Gasteiger partial charge in [0.05, 0.1) is 12.5 Å². The average molecular weight is 153 g/mol. The van der Waals surface area contributed by atoms with Crippen molar-refractivity contribution in [1.29, 1.82) is 0 Å². The Hall–Kier alpha value is -0.200. The molecule has 8 heavy (non-hydrogen) atoms. The summed E-state index contributed by atoms with van der Waals surface area (Å²) in [7, 11) is -1.34. The summed E-state index contributed by atoms with van der Waals surface area (Å²) in [6.45, 7) is 6.56. The lowest BCUT2D eigenvalue weighted by Gasteiger charge is -2.02. The lowest BCUT2D eigenvalue weighted by Crippen LogP contribution is -1.67. The van der Waals surface area contributed by atoms with Crippen molar-refractivity contribution in [3.05, 3.63) is 25.7 Å². The summed E-state index contributed by atoms with van der Waals surface area (Å²) < 4.78 is 9.17. The Labute approximate surface area is 54.5 Å². The first kappa shape index (κ1) is 7.80. The molecule has 0 unspecified atom stereocenters. The van der Waals surface area contributed by atoms with Gasteiger partial charge in [-0.05, 0) is 11.2 Å². The van der Waals surface area contributed by atoms with Gasteiger partial charge in [0.25, 0.3) is 0 Å². The Bertz CT molecular complexity index is 76.1. The minimum atomic E-state index is -1.34. The molecule has 0 aliphatic rings. The van der Waals surface area contributed by atoms with Crippen LogP contribution in [0.2, 0.25) is 0 Å². The third-order valence-corrected chi connectivity index (χ3v) is 1.42. The summed E-state index contributed by atoms with van der Waals surface area (Å²) in [5, 5.41) is 0. The van der Waals surface area contributed by atoms with Crippen LogP contribution in [0.3, 0.4) is 0 Å². The molecule has 0 aromatic carbocycles. The lowest BCUT2D eigenvalue weighted by molar-refractivity contribution is 0.427. The Balaban J connectivity index is 3.16. The van der Waals surface area contributed by atoms with E-state index in [1.807, 2.05) is 0 Å². The van der Waals surface area contributed by atoms with E-state index in [-0.39, 0.29) is 0 Å². The minimum absolute atomic E-state index is 1.22. The molecule has 0 saturated carbocycles. The van der Waals surface area contributed by atoms with Gasteiger partial charge in [0.15, 0.2) is 0 Å². The molecule has 2 nitrogen and oxygen atoms in total. The first-order valence-corrected chi connectivity index (χ1v) is 3.90. The molecule has 0 saturated heterocycles. The third-order valence-electron chi connectivity index (χ3n) is 0.315. The SMILES string of the molecule is C=COP(Cl)OC=C. The molecule has 0 heterocycles. The van der Waals surface area contributed by atoms with E-state index >= 15 is 0 Å². The van der Waals surface area contributed by atoms with Crippen LogP contribution in [0.4, 0.5) is 0 Å². The molecule has 0 aliphatic carbocycles. The zero-order valence-corrected chi connectivity index (χ0v) is 5.86. The summed E-state index contributed by atoms with van der Waals surface area (Å²) in [5.74, 6) is 0. The topological polar surface area (TPSA) is 18.5 Å². The Morgan fingerprint density at radius 2 is 1.62 bits per heavy atom. The second-order valence-electron chi connectivity index (χ2n) is 0.757. The summed E-state index contributed by atoms with van der Waals surface area (Å²) in [6.07, 6.45) is 2.45. The van der Waals surface area contributed by atoms with Crippen molar-refractivity contribution in [1.82, 2.24) is 0 Å². The first-order chi connectivity index (χ1) is 3.81. The zero-order chi connectivity index (χ0) is 6.41. The van der Waals surface area contributed by atoms with Gasteiger partial charge in [0.1, 0.15) is 0 Å². The number of hydrogen-bond acceptors (Lipinski definition) is 2. The molecule has 0 N–H and O–H groups in total. The molecule has 0 radical (unpaired) electrons. The van der Waals surface area contributed by atoms with Crippen molar-refractivity contribution < 1.29 is 9.05 Å². The van der Waals surface area contributed by atoms with Crippen LogP contribution in [-0.4, -0.2) is 0 Å². The van der Waals surface area contributed by atoms with Crippen molar-refractivity contribution in [3.8, 4) is 0 Å². The fraction of sp³-hybridized carbons (Fsp3) is 0. The molecular weight excluding hydrogens is 146 g/mol. The fourth-order valence-electron chi connectivity index (χ4n) is 0.142. The van der Waals surface area contributed by atoms with E-state index in [4.69, 9.17) is 11.2 Å². The van der Waals surface area contributed by atoms with Gasteiger partial charge in [0, 0.05) is 0 Å². The van der Waals surface area contributed by atoms with Gasteiger partial charge < -0.3 is 9.05 Å². The Morgan fingerprint density at radius 3 is 1.88 bits per heavy atom. The standard InChI is InChI=1S/C4H6ClO2P/c1-3-6-8(5)7-4-2/h3-4H,1-2H2. The van der Waals surface area contributed by atoms with Gasteiger partial charge in [-0.15, -0.1) is 0 Å². The Morgan fingerprint density at radius 1 is 1.25 bits per heavy atom. The second kappa shape index (κ2) is 4.95. The van der Waals surface area contributed by atoms with E-state index in [1.165, 1.54) is 12.5 Å². The molecule has 0 atom stereocenters. The van der Waals surface area contributed by atoms with Gasteiger partial charge >= 0.3 is 7.73 Å². The second-order valence-corrected chi connectivity index (χ2v) is 2.43. The maximum Gasteiger partial charge on any atom is 0.399 e. The molecule has 0 fully saturated rings. The molecule has 4 heteroatoms. The molecule has 0 rings (SSSR count). The molecule has 0 aromatic heterocycles. The fourth-order valence-corrected chi connectivity index (χ4v) is 0.764. The summed E-state index contributed by atoms with van der Waals surface area (Å²) in [4.78, 5) is 0. The number of halogens is 1.